The van der Waals surface area contributed by atoms with Gasteiger partial charge < -0.3 is 0 Å². The fourth-order valence-electron chi connectivity index (χ4n) is 1.86. The van der Waals surface area contributed by atoms with Crippen molar-refractivity contribution in [3.63, 3.8) is 0 Å². The minimum Gasteiger partial charge on any atom is -0.294 e. The number of ketones is 1. The van der Waals surface area contributed by atoms with E-state index in [2.05, 4.69) is 0 Å². The van der Waals surface area contributed by atoms with E-state index in [0.717, 1.165) is 5.56 Å². The lowest BCUT2D eigenvalue weighted by molar-refractivity contribution is 0.0982. The molecule has 2 aromatic rings. The normalized spacial score (nSPS) is 10.5. The van der Waals surface area contributed by atoms with Gasteiger partial charge in [-0.05, 0) is 37.1 Å². The van der Waals surface area contributed by atoms with Crippen LogP contribution < -0.4 is 0 Å². The van der Waals surface area contributed by atoms with Crippen LogP contribution in [0, 0.1) is 12.7 Å². The number of hydrogen-bond donors (Lipinski definition) is 0. The molecule has 0 saturated heterocycles. The summed E-state index contributed by atoms with van der Waals surface area (Å²) in [5.41, 5.74) is 2.53. The maximum absolute atomic E-state index is 13.1. The number of halogens is 2. The van der Waals surface area contributed by atoms with Crippen molar-refractivity contribution >= 4 is 17.4 Å². The third kappa shape index (κ3) is 3.65. The maximum atomic E-state index is 13.1. The number of Topliss-reactive ketones (excluding diaryl/α,β-unsaturated/α-hetero) is 1. The van der Waals surface area contributed by atoms with E-state index < -0.39 is 5.82 Å². The second kappa shape index (κ2) is 5.98. The minimum atomic E-state index is -0.442. The fraction of sp³-hybridized carbons (Fsp3) is 0.188. The summed E-state index contributed by atoms with van der Waals surface area (Å²) >= 11 is 5.91. The topological polar surface area (TPSA) is 17.1 Å². The number of carbonyl (C=O) groups excluding carboxylic acids is 1. The molecule has 0 bridgehead atoms. The quantitative estimate of drug-likeness (QED) is 0.746. The van der Waals surface area contributed by atoms with Gasteiger partial charge in [0.15, 0.2) is 5.78 Å². The van der Waals surface area contributed by atoms with Gasteiger partial charge in [0, 0.05) is 12.0 Å². The molecule has 0 aliphatic heterocycles. The van der Waals surface area contributed by atoms with Crippen LogP contribution in [-0.4, -0.2) is 5.78 Å². The number of benzene rings is 2. The summed E-state index contributed by atoms with van der Waals surface area (Å²) in [5, 5.41) is 0.301. The number of carbonyl (C=O) groups is 1. The fourth-order valence-corrected chi connectivity index (χ4v) is 2.08. The Kier molecular flexibility index (Phi) is 4.33. The molecule has 0 aliphatic carbocycles. The summed E-state index contributed by atoms with van der Waals surface area (Å²) in [5.74, 6) is -0.576. The van der Waals surface area contributed by atoms with Crippen LogP contribution in [0.2, 0.25) is 5.02 Å². The average molecular weight is 277 g/mol. The van der Waals surface area contributed by atoms with Crippen molar-refractivity contribution in [2.75, 3.05) is 0 Å². The van der Waals surface area contributed by atoms with E-state index in [1.54, 1.807) is 0 Å². The molecule has 1 nitrogen and oxygen atoms in total. The van der Waals surface area contributed by atoms with Crippen molar-refractivity contribution in [2.24, 2.45) is 0 Å². The smallest absolute Gasteiger partial charge is 0.164 e. The highest BCUT2D eigenvalue weighted by Crippen LogP contribution is 2.19. The van der Waals surface area contributed by atoms with E-state index in [1.807, 2.05) is 31.2 Å². The first-order chi connectivity index (χ1) is 9.06. The average Bonchev–Trinajstić information content (AvgIpc) is 2.40. The van der Waals surface area contributed by atoms with Gasteiger partial charge in [0.2, 0.25) is 0 Å². The molecule has 0 heterocycles. The zero-order chi connectivity index (χ0) is 13.8. The Morgan fingerprint density at radius 2 is 1.84 bits per heavy atom. The molecular weight excluding hydrogens is 263 g/mol. The second-order valence-corrected chi connectivity index (χ2v) is 4.94. The highest BCUT2D eigenvalue weighted by Gasteiger charge is 2.11. The molecule has 2 aromatic carbocycles. The molecule has 0 atom stereocenters. The lowest BCUT2D eigenvalue weighted by atomic mass is 10.0. The summed E-state index contributed by atoms with van der Waals surface area (Å²) in [6.07, 6.45) is 0.957. The Bertz CT molecular complexity index is 590. The Balaban J connectivity index is 2.05. The van der Waals surface area contributed by atoms with E-state index in [4.69, 9.17) is 11.6 Å². The molecular formula is C16H14ClFO. The molecule has 3 heteroatoms. The number of hydrogen-bond acceptors (Lipinski definition) is 1. The molecule has 0 N–H and O–H groups in total. The van der Waals surface area contributed by atoms with Crippen molar-refractivity contribution in [2.45, 2.75) is 19.8 Å². The van der Waals surface area contributed by atoms with E-state index in [0.29, 0.717) is 17.9 Å². The molecule has 2 rings (SSSR count). The molecule has 19 heavy (non-hydrogen) atoms. The van der Waals surface area contributed by atoms with Crippen LogP contribution in [0.25, 0.3) is 0 Å². The van der Waals surface area contributed by atoms with Crippen molar-refractivity contribution in [1.82, 2.24) is 0 Å². The molecule has 0 aliphatic rings. The molecule has 0 radical (unpaired) electrons. The standard InChI is InChI=1S/C16H14ClFO/c1-11-2-4-12(5-3-11)6-9-16(19)14-10-13(18)7-8-15(14)17/h2-5,7-8,10H,6,9H2,1H3. The van der Waals surface area contributed by atoms with Crippen molar-refractivity contribution in [3.8, 4) is 0 Å². The summed E-state index contributed by atoms with van der Waals surface area (Å²) in [7, 11) is 0. The van der Waals surface area contributed by atoms with Crippen LogP contribution >= 0.6 is 11.6 Å². The predicted octanol–water partition coefficient (Wildman–Crippen LogP) is 4.60. The highest BCUT2D eigenvalue weighted by atomic mass is 35.5. The van der Waals surface area contributed by atoms with Gasteiger partial charge in [-0.1, -0.05) is 41.4 Å². The van der Waals surface area contributed by atoms with E-state index in [-0.39, 0.29) is 11.3 Å². The third-order valence-corrected chi connectivity index (χ3v) is 3.32. The predicted molar refractivity (Wildman–Crippen MR) is 75.2 cm³/mol. The SMILES string of the molecule is Cc1ccc(CCC(=O)c2cc(F)ccc2Cl)cc1. The molecule has 0 aromatic heterocycles. The molecule has 98 valence electrons. The van der Waals surface area contributed by atoms with Gasteiger partial charge in [0.05, 0.1) is 5.02 Å². The maximum Gasteiger partial charge on any atom is 0.164 e. The van der Waals surface area contributed by atoms with Crippen LogP contribution in [0.5, 0.6) is 0 Å². The van der Waals surface area contributed by atoms with Crippen LogP contribution in [0.1, 0.15) is 27.9 Å². The first-order valence-corrected chi connectivity index (χ1v) is 6.48. The van der Waals surface area contributed by atoms with E-state index in [9.17, 15) is 9.18 Å². The Morgan fingerprint density at radius 1 is 1.16 bits per heavy atom. The monoisotopic (exact) mass is 276 g/mol. The molecule has 0 saturated carbocycles. The van der Waals surface area contributed by atoms with Crippen molar-refractivity contribution < 1.29 is 9.18 Å². The van der Waals surface area contributed by atoms with Crippen LogP contribution in [-0.2, 0) is 6.42 Å². The largest absolute Gasteiger partial charge is 0.294 e. The lowest BCUT2D eigenvalue weighted by Crippen LogP contribution is -2.02. The minimum absolute atomic E-state index is 0.134. The van der Waals surface area contributed by atoms with Gasteiger partial charge in [-0.15, -0.1) is 0 Å². The molecule has 0 amide bonds. The molecule has 0 fully saturated rings. The van der Waals surface area contributed by atoms with Crippen LogP contribution in [0.3, 0.4) is 0 Å². The van der Waals surface area contributed by atoms with Gasteiger partial charge in [0.1, 0.15) is 5.82 Å². The summed E-state index contributed by atoms with van der Waals surface area (Å²) in [6, 6.07) is 11.9. The van der Waals surface area contributed by atoms with Crippen molar-refractivity contribution in [1.29, 1.82) is 0 Å². The Hall–Kier alpha value is -1.67. The van der Waals surface area contributed by atoms with Gasteiger partial charge in [0.25, 0.3) is 0 Å². The van der Waals surface area contributed by atoms with Gasteiger partial charge in [-0.2, -0.15) is 0 Å². The second-order valence-electron chi connectivity index (χ2n) is 4.53. The number of aryl methyl sites for hydroxylation is 2. The van der Waals surface area contributed by atoms with Crippen molar-refractivity contribution in [3.05, 3.63) is 70.0 Å². The summed E-state index contributed by atoms with van der Waals surface area (Å²) < 4.78 is 13.1. The molecule has 0 unspecified atom stereocenters. The van der Waals surface area contributed by atoms with Gasteiger partial charge >= 0.3 is 0 Å². The highest BCUT2D eigenvalue weighted by molar-refractivity contribution is 6.33. The van der Waals surface area contributed by atoms with Gasteiger partial charge in [-0.25, -0.2) is 4.39 Å². The van der Waals surface area contributed by atoms with Crippen LogP contribution in [0.15, 0.2) is 42.5 Å². The molecule has 0 spiro atoms. The lowest BCUT2D eigenvalue weighted by Gasteiger charge is -2.04. The Labute approximate surface area is 117 Å². The third-order valence-electron chi connectivity index (χ3n) is 2.99. The zero-order valence-corrected chi connectivity index (χ0v) is 11.4. The first-order valence-electron chi connectivity index (χ1n) is 6.10. The Morgan fingerprint density at radius 3 is 2.53 bits per heavy atom. The summed E-state index contributed by atoms with van der Waals surface area (Å²) in [4.78, 5) is 12.0. The zero-order valence-electron chi connectivity index (χ0n) is 10.6. The number of rotatable bonds is 4. The van der Waals surface area contributed by atoms with E-state index in [1.165, 1.54) is 23.8 Å². The van der Waals surface area contributed by atoms with E-state index >= 15 is 0 Å². The first kappa shape index (κ1) is 13.8. The van der Waals surface area contributed by atoms with Crippen LogP contribution in [0.4, 0.5) is 4.39 Å². The van der Waals surface area contributed by atoms with Gasteiger partial charge in [-0.3, -0.25) is 4.79 Å². The summed E-state index contributed by atoms with van der Waals surface area (Å²) in [6.45, 7) is 2.02.